The summed E-state index contributed by atoms with van der Waals surface area (Å²) >= 11 is 0. The summed E-state index contributed by atoms with van der Waals surface area (Å²) in [5, 5.41) is 3.18. The van der Waals surface area contributed by atoms with Gasteiger partial charge in [-0.05, 0) is 47.9 Å². The van der Waals surface area contributed by atoms with Crippen LogP contribution in [0, 0.1) is 5.92 Å². The highest BCUT2D eigenvalue weighted by atomic mass is 16.1. The monoisotopic (exact) mass is 398 g/mol. The molecule has 1 N–H and O–H groups in total. The Labute approximate surface area is 177 Å². The number of nitrogens with one attached hydrogen (secondary N) is 1. The molecule has 0 aliphatic carbocycles. The lowest BCUT2D eigenvalue weighted by Gasteiger charge is -2.49. The number of aromatic nitrogens is 1. The highest BCUT2D eigenvalue weighted by Gasteiger charge is 2.41. The Morgan fingerprint density at radius 2 is 1.73 bits per heavy atom. The van der Waals surface area contributed by atoms with Crippen molar-refractivity contribution in [3.63, 3.8) is 0 Å². The van der Waals surface area contributed by atoms with Crippen LogP contribution >= 0.6 is 0 Å². The van der Waals surface area contributed by atoms with E-state index in [2.05, 4.69) is 68.6 Å². The molecular formula is C25H26N4O. The van der Waals surface area contributed by atoms with E-state index in [0.29, 0.717) is 6.54 Å². The fourth-order valence-corrected chi connectivity index (χ4v) is 4.75. The lowest BCUT2D eigenvalue weighted by Crippen LogP contribution is -2.61. The first-order valence-corrected chi connectivity index (χ1v) is 10.6. The highest BCUT2D eigenvalue weighted by Crippen LogP contribution is 2.36. The Morgan fingerprint density at radius 1 is 0.967 bits per heavy atom. The molecule has 30 heavy (non-hydrogen) atoms. The zero-order valence-corrected chi connectivity index (χ0v) is 16.9. The standard InChI is InChI=1S/C25H26N4O/c30-25(27-17-19-10-12-26-13-11-19)22-16-20-6-4-5-9-23(20)29-15-14-28(18-24(22)29)21-7-2-1-3-8-21/h1-13,22,24H,14-18H2,(H,27,30)/t22-,24+/m0/s1. The zero-order chi connectivity index (χ0) is 20.3. The number of benzene rings is 2. The normalized spacial score (nSPS) is 20.3. The van der Waals surface area contributed by atoms with Crippen molar-refractivity contribution in [2.24, 2.45) is 5.92 Å². The number of piperazine rings is 1. The zero-order valence-electron chi connectivity index (χ0n) is 16.9. The first-order chi connectivity index (χ1) is 14.8. The lowest BCUT2D eigenvalue weighted by molar-refractivity contribution is -0.126. The summed E-state index contributed by atoms with van der Waals surface area (Å²) in [5.41, 5.74) is 4.85. The van der Waals surface area contributed by atoms with Gasteiger partial charge in [-0.15, -0.1) is 0 Å². The topological polar surface area (TPSA) is 48.5 Å². The van der Waals surface area contributed by atoms with Crippen LogP contribution in [0.2, 0.25) is 0 Å². The van der Waals surface area contributed by atoms with Crippen molar-refractivity contribution in [2.45, 2.75) is 19.0 Å². The molecule has 2 aliphatic rings. The van der Waals surface area contributed by atoms with Gasteiger partial charge in [0.05, 0.1) is 12.0 Å². The van der Waals surface area contributed by atoms with Crippen LogP contribution < -0.4 is 15.1 Å². The number of nitrogens with zero attached hydrogens (tertiary/aromatic N) is 3. The molecule has 152 valence electrons. The lowest BCUT2D eigenvalue weighted by atomic mass is 9.83. The van der Waals surface area contributed by atoms with Crippen LogP contribution in [-0.2, 0) is 17.8 Å². The van der Waals surface area contributed by atoms with E-state index >= 15 is 0 Å². The van der Waals surface area contributed by atoms with Crippen LogP contribution in [0.1, 0.15) is 11.1 Å². The summed E-state index contributed by atoms with van der Waals surface area (Å²) in [6, 6.07) is 23.1. The van der Waals surface area contributed by atoms with Gasteiger partial charge in [0.15, 0.2) is 0 Å². The number of fused-ring (bicyclic) bond motifs is 3. The number of rotatable bonds is 4. The first-order valence-electron chi connectivity index (χ1n) is 10.6. The molecule has 1 saturated heterocycles. The van der Waals surface area contributed by atoms with Crippen LogP contribution in [0.25, 0.3) is 0 Å². The van der Waals surface area contributed by atoms with E-state index < -0.39 is 0 Å². The van der Waals surface area contributed by atoms with Gasteiger partial charge in [0.1, 0.15) is 0 Å². The predicted molar refractivity (Wildman–Crippen MR) is 120 cm³/mol. The maximum absolute atomic E-state index is 13.3. The Bertz CT molecular complexity index is 1010. The third-order valence-corrected chi connectivity index (χ3v) is 6.30. The molecule has 2 aliphatic heterocycles. The van der Waals surface area contributed by atoms with Crippen molar-refractivity contribution in [1.29, 1.82) is 0 Å². The Balaban J connectivity index is 1.39. The van der Waals surface area contributed by atoms with E-state index in [1.807, 2.05) is 18.2 Å². The van der Waals surface area contributed by atoms with Gasteiger partial charge in [-0.1, -0.05) is 36.4 Å². The molecule has 0 unspecified atom stereocenters. The molecule has 5 heteroatoms. The second kappa shape index (κ2) is 8.19. The third kappa shape index (κ3) is 3.63. The fraction of sp³-hybridized carbons (Fsp3) is 0.280. The second-order valence-electron chi connectivity index (χ2n) is 8.05. The van der Waals surface area contributed by atoms with Crippen LogP contribution in [0.5, 0.6) is 0 Å². The number of pyridine rings is 1. The van der Waals surface area contributed by atoms with Gasteiger partial charge in [-0.2, -0.15) is 0 Å². The summed E-state index contributed by atoms with van der Waals surface area (Å²) in [7, 11) is 0. The number of hydrogen-bond donors (Lipinski definition) is 1. The van der Waals surface area contributed by atoms with E-state index in [-0.39, 0.29) is 17.9 Å². The molecule has 3 heterocycles. The maximum atomic E-state index is 13.3. The maximum Gasteiger partial charge on any atom is 0.225 e. The SMILES string of the molecule is O=C(NCc1ccncc1)[C@H]1Cc2ccccc2N2CCN(c3ccccc3)C[C@H]12. The van der Waals surface area contributed by atoms with Crippen molar-refractivity contribution in [3.8, 4) is 0 Å². The van der Waals surface area contributed by atoms with Crippen molar-refractivity contribution >= 4 is 17.3 Å². The molecule has 1 amide bonds. The molecule has 2 aromatic carbocycles. The van der Waals surface area contributed by atoms with E-state index in [0.717, 1.165) is 31.6 Å². The van der Waals surface area contributed by atoms with E-state index in [1.165, 1.54) is 16.9 Å². The van der Waals surface area contributed by atoms with E-state index in [4.69, 9.17) is 0 Å². The van der Waals surface area contributed by atoms with Gasteiger partial charge < -0.3 is 15.1 Å². The average Bonchev–Trinajstić information content (AvgIpc) is 2.83. The van der Waals surface area contributed by atoms with Gasteiger partial charge in [0.2, 0.25) is 5.91 Å². The highest BCUT2D eigenvalue weighted by molar-refractivity contribution is 5.82. The van der Waals surface area contributed by atoms with Gasteiger partial charge in [-0.3, -0.25) is 9.78 Å². The molecule has 5 nitrogen and oxygen atoms in total. The Kier molecular flexibility index (Phi) is 5.10. The smallest absolute Gasteiger partial charge is 0.225 e. The Hall–Kier alpha value is -3.34. The number of anilines is 2. The first kappa shape index (κ1) is 18.7. The van der Waals surface area contributed by atoms with E-state index in [9.17, 15) is 4.79 Å². The summed E-state index contributed by atoms with van der Waals surface area (Å²) in [4.78, 5) is 22.2. The van der Waals surface area contributed by atoms with Crippen LogP contribution in [-0.4, -0.2) is 36.6 Å². The molecule has 1 fully saturated rings. The minimum Gasteiger partial charge on any atom is -0.368 e. The molecule has 0 radical (unpaired) electrons. The molecule has 0 bridgehead atoms. The summed E-state index contributed by atoms with van der Waals surface area (Å²) in [6.45, 7) is 3.27. The van der Waals surface area contributed by atoms with Crippen molar-refractivity contribution < 1.29 is 4.79 Å². The fourth-order valence-electron chi connectivity index (χ4n) is 4.75. The largest absolute Gasteiger partial charge is 0.368 e. The van der Waals surface area contributed by atoms with Crippen LogP contribution in [0.4, 0.5) is 11.4 Å². The van der Waals surface area contributed by atoms with Gasteiger partial charge in [-0.25, -0.2) is 0 Å². The van der Waals surface area contributed by atoms with E-state index in [1.54, 1.807) is 12.4 Å². The molecule has 1 aromatic heterocycles. The van der Waals surface area contributed by atoms with Crippen molar-refractivity contribution in [1.82, 2.24) is 10.3 Å². The minimum atomic E-state index is -0.0757. The Morgan fingerprint density at radius 3 is 2.57 bits per heavy atom. The number of carbonyl (C=O) groups is 1. The molecule has 0 spiro atoms. The van der Waals surface area contributed by atoms with Crippen LogP contribution in [0.3, 0.4) is 0 Å². The number of amides is 1. The van der Waals surface area contributed by atoms with Crippen molar-refractivity contribution in [2.75, 3.05) is 29.4 Å². The van der Waals surface area contributed by atoms with Crippen molar-refractivity contribution in [3.05, 3.63) is 90.3 Å². The van der Waals surface area contributed by atoms with Gasteiger partial charge >= 0.3 is 0 Å². The molecule has 2 atom stereocenters. The molecule has 0 saturated carbocycles. The minimum absolute atomic E-state index is 0.0757. The summed E-state index contributed by atoms with van der Waals surface area (Å²) in [6.07, 6.45) is 4.31. The average molecular weight is 399 g/mol. The number of para-hydroxylation sites is 2. The summed E-state index contributed by atoms with van der Waals surface area (Å²) in [5.74, 6) is 0.0551. The molecule has 3 aromatic rings. The third-order valence-electron chi connectivity index (χ3n) is 6.30. The predicted octanol–water partition coefficient (Wildman–Crippen LogP) is 3.27. The number of carbonyl (C=O) groups excluding carboxylic acids is 1. The quantitative estimate of drug-likeness (QED) is 0.733. The summed E-state index contributed by atoms with van der Waals surface area (Å²) < 4.78 is 0. The van der Waals surface area contributed by atoms with Gasteiger partial charge in [0, 0.05) is 49.9 Å². The number of hydrogen-bond acceptors (Lipinski definition) is 4. The van der Waals surface area contributed by atoms with Crippen LogP contribution in [0.15, 0.2) is 79.1 Å². The second-order valence-corrected chi connectivity index (χ2v) is 8.05. The van der Waals surface area contributed by atoms with Gasteiger partial charge in [0.25, 0.3) is 0 Å². The molecular weight excluding hydrogens is 372 g/mol. The molecule has 5 rings (SSSR count).